The van der Waals surface area contributed by atoms with E-state index >= 15 is 0 Å². The Hall–Kier alpha value is -6.17. The minimum Gasteiger partial charge on any atom is -0.484 e. The van der Waals surface area contributed by atoms with Crippen molar-refractivity contribution in [3.8, 4) is 5.75 Å². The highest BCUT2D eigenvalue weighted by Gasteiger charge is 2.23. The van der Waals surface area contributed by atoms with Crippen LogP contribution in [0.3, 0.4) is 0 Å². The van der Waals surface area contributed by atoms with Gasteiger partial charge >= 0.3 is 12.0 Å². The van der Waals surface area contributed by atoms with E-state index in [0.29, 0.717) is 34.9 Å². The highest BCUT2D eigenvalue weighted by molar-refractivity contribution is 6.05. The largest absolute Gasteiger partial charge is 0.484 e. The highest BCUT2D eigenvalue weighted by atomic mass is 16.5. The summed E-state index contributed by atoms with van der Waals surface area (Å²) in [4.78, 5) is 69.1. The van der Waals surface area contributed by atoms with Crippen molar-refractivity contribution in [2.45, 2.75) is 27.2 Å². The average Bonchev–Trinajstić information content (AvgIpc) is 3.12. The van der Waals surface area contributed by atoms with Crippen molar-refractivity contribution in [2.24, 2.45) is 0 Å². The monoisotopic (exact) mass is 693 g/mol. The molecule has 0 aromatic heterocycles. The molecule has 0 aliphatic heterocycles. The molecule has 0 bridgehead atoms. The second kappa shape index (κ2) is 18.0. The number of nitrogens with one attached hydrogen (secondary N) is 2. The van der Waals surface area contributed by atoms with Crippen LogP contribution in [-0.2, 0) is 30.3 Å². The number of methoxy groups -OCH3 is 1. The van der Waals surface area contributed by atoms with E-state index in [2.05, 4.69) is 10.6 Å². The number of nitrogens with zero attached hydrogens (tertiary/aromatic N) is 3. The zero-order chi connectivity index (χ0) is 36.9. The van der Waals surface area contributed by atoms with E-state index in [4.69, 9.17) is 9.47 Å². The quantitative estimate of drug-likeness (QED) is 0.172. The zero-order valence-electron chi connectivity index (χ0n) is 29.5. The normalized spacial score (nSPS) is 10.5. The first-order valence-corrected chi connectivity index (χ1v) is 16.4. The first-order valence-electron chi connectivity index (χ1n) is 16.4. The molecule has 0 aliphatic rings. The molecule has 51 heavy (non-hydrogen) atoms. The Balaban J connectivity index is 1.48. The van der Waals surface area contributed by atoms with Crippen molar-refractivity contribution in [2.75, 3.05) is 60.4 Å². The lowest BCUT2D eigenvalue weighted by Crippen LogP contribution is -2.46. The van der Waals surface area contributed by atoms with Gasteiger partial charge in [0.15, 0.2) is 6.61 Å². The number of carbonyl (C=O) groups is 5. The number of amides is 5. The maximum absolute atomic E-state index is 13.7. The van der Waals surface area contributed by atoms with Crippen molar-refractivity contribution in [1.82, 2.24) is 5.32 Å². The standard InChI is InChI=1S/C39H43N5O7/c1-6-43(33-19-27(2)18-28(3)20-33)37(47)26-51-34-17-11-16-32(23-34)44(25-36(46)42(4)31-14-8-7-9-15-31)35(45)24-40-39(49)41-30-13-10-12-29(21-30)22-38(48)50-5/h7-21,23H,6,22,24-26H2,1-5H3,(H2,40,41,49). The van der Waals surface area contributed by atoms with Crippen LogP contribution in [0.4, 0.5) is 27.5 Å². The van der Waals surface area contributed by atoms with Gasteiger partial charge in [-0.15, -0.1) is 0 Å². The SMILES string of the molecule is CCN(C(=O)COc1cccc(N(CC(=O)N(C)c2ccccc2)C(=O)CNC(=O)Nc2cccc(CC(=O)OC)c2)c1)c1cc(C)cc(C)c1. The van der Waals surface area contributed by atoms with Gasteiger partial charge in [0.2, 0.25) is 11.8 Å². The van der Waals surface area contributed by atoms with Crippen LogP contribution in [-0.4, -0.2) is 70.1 Å². The lowest BCUT2D eigenvalue weighted by atomic mass is 10.1. The average molecular weight is 694 g/mol. The molecular weight excluding hydrogens is 650 g/mol. The summed E-state index contributed by atoms with van der Waals surface area (Å²) < 4.78 is 10.6. The van der Waals surface area contributed by atoms with Crippen molar-refractivity contribution in [3.05, 3.63) is 114 Å². The smallest absolute Gasteiger partial charge is 0.319 e. The molecule has 0 spiro atoms. The number of rotatable bonds is 14. The molecule has 0 unspecified atom stereocenters. The summed E-state index contributed by atoms with van der Waals surface area (Å²) in [6.45, 7) is 5.24. The molecular formula is C39H43N5O7. The Bertz CT molecular complexity index is 1840. The third-order valence-electron chi connectivity index (χ3n) is 7.90. The van der Waals surface area contributed by atoms with Gasteiger partial charge < -0.3 is 34.8 Å². The number of anilines is 4. The second-order valence-corrected chi connectivity index (χ2v) is 11.8. The lowest BCUT2D eigenvalue weighted by Gasteiger charge is -2.26. The van der Waals surface area contributed by atoms with Crippen molar-refractivity contribution in [3.63, 3.8) is 0 Å². The molecule has 12 heteroatoms. The second-order valence-electron chi connectivity index (χ2n) is 11.8. The van der Waals surface area contributed by atoms with Gasteiger partial charge in [-0.2, -0.15) is 0 Å². The Kier molecular flexibility index (Phi) is 13.3. The summed E-state index contributed by atoms with van der Waals surface area (Å²) in [5.74, 6) is -1.30. The molecule has 5 amide bonds. The molecule has 2 N–H and O–H groups in total. The van der Waals surface area contributed by atoms with Gasteiger partial charge in [-0.05, 0) is 86.0 Å². The van der Waals surface area contributed by atoms with Crippen LogP contribution in [0.1, 0.15) is 23.6 Å². The Morgan fingerprint density at radius 3 is 2.08 bits per heavy atom. The predicted octanol–water partition coefficient (Wildman–Crippen LogP) is 5.27. The molecule has 0 saturated carbocycles. The first-order chi connectivity index (χ1) is 24.5. The topological polar surface area (TPSA) is 138 Å². The molecule has 0 radical (unpaired) electrons. The van der Waals surface area contributed by atoms with E-state index < -0.39 is 24.5 Å². The van der Waals surface area contributed by atoms with Gasteiger partial charge in [0, 0.05) is 42.4 Å². The Morgan fingerprint density at radius 2 is 1.39 bits per heavy atom. The number of para-hydroxylation sites is 1. The highest BCUT2D eigenvalue weighted by Crippen LogP contribution is 2.24. The number of hydrogen-bond acceptors (Lipinski definition) is 7. The van der Waals surface area contributed by atoms with Crippen LogP contribution in [0.5, 0.6) is 5.75 Å². The van der Waals surface area contributed by atoms with Crippen molar-refractivity contribution >= 4 is 52.5 Å². The number of urea groups is 1. The van der Waals surface area contributed by atoms with Gasteiger partial charge in [0.1, 0.15) is 12.3 Å². The maximum atomic E-state index is 13.7. The third kappa shape index (κ3) is 10.9. The van der Waals surface area contributed by atoms with E-state index in [9.17, 15) is 24.0 Å². The minimum atomic E-state index is -0.661. The van der Waals surface area contributed by atoms with Crippen molar-refractivity contribution in [1.29, 1.82) is 0 Å². The number of likely N-dealkylation sites (N-methyl/N-ethyl adjacent to an activating group) is 2. The van der Waals surface area contributed by atoms with Crippen LogP contribution in [0.25, 0.3) is 0 Å². The van der Waals surface area contributed by atoms with E-state index in [1.165, 1.54) is 16.9 Å². The molecule has 0 atom stereocenters. The van der Waals surface area contributed by atoms with Gasteiger partial charge in [-0.3, -0.25) is 19.2 Å². The fourth-order valence-electron chi connectivity index (χ4n) is 5.36. The maximum Gasteiger partial charge on any atom is 0.319 e. The van der Waals surface area contributed by atoms with Gasteiger partial charge in [0.25, 0.3) is 5.91 Å². The summed E-state index contributed by atoms with van der Waals surface area (Å²) in [6.07, 6.45) is 0.0345. The molecule has 4 rings (SSSR count). The van der Waals surface area contributed by atoms with Crippen molar-refractivity contribution < 1.29 is 33.4 Å². The predicted molar refractivity (Wildman–Crippen MR) is 197 cm³/mol. The van der Waals surface area contributed by atoms with Crippen LogP contribution in [0, 0.1) is 13.8 Å². The minimum absolute atomic E-state index is 0.0345. The molecule has 0 saturated heterocycles. The fraction of sp³-hybridized carbons (Fsp3) is 0.256. The van der Waals surface area contributed by atoms with E-state index in [1.54, 1.807) is 84.7 Å². The molecule has 12 nitrogen and oxygen atoms in total. The summed E-state index contributed by atoms with van der Waals surface area (Å²) >= 11 is 0. The third-order valence-corrected chi connectivity index (χ3v) is 7.90. The summed E-state index contributed by atoms with van der Waals surface area (Å²) in [6, 6.07) is 27.5. The van der Waals surface area contributed by atoms with Crippen LogP contribution >= 0.6 is 0 Å². The Labute approximate surface area is 297 Å². The molecule has 4 aromatic rings. The number of esters is 1. The lowest BCUT2D eigenvalue weighted by molar-refractivity contribution is -0.139. The zero-order valence-corrected chi connectivity index (χ0v) is 29.5. The molecule has 0 fully saturated rings. The van der Waals surface area contributed by atoms with E-state index in [1.807, 2.05) is 45.0 Å². The molecule has 266 valence electrons. The van der Waals surface area contributed by atoms with Crippen LogP contribution in [0.15, 0.2) is 97.1 Å². The number of hydrogen-bond donors (Lipinski definition) is 2. The summed E-state index contributed by atoms with van der Waals surface area (Å²) in [7, 11) is 2.91. The van der Waals surface area contributed by atoms with Gasteiger partial charge in [-0.1, -0.05) is 42.5 Å². The number of ether oxygens (including phenoxy) is 2. The number of aryl methyl sites for hydroxylation is 2. The van der Waals surface area contributed by atoms with Gasteiger partial charge in [0.05, 0.1) is 20.1 Å². The van der Waals surface area contributed by atoms with E-state index in [-0.39, 0.29) is 31.4 Å². The molecule has 0 heterocycles. The first kappa shape index (κ1) is 37.6. The summed E-state index contributed by atoms with van der Waals surface area (Å²) in [5, 5.41) is 5.20. The Morgan fingerprint density at radius 1 is 0.706 bits per heavy atom. The van der Waals surface area contributed by atoms with E-state index in [0.717, 1.165) is 16.8 Å². The number of carbonyl (C=O) groups excluding carboxylic acids is 5. The fourth-order valence-corrected chi connectivity index (χ4v) is 5.36. The van der Waals surface area contributed by atoms with Crippen LogP contribution in [0.2, 0.25) is 0 Å². The summed E-state index contributed by atoms with van der Waals surface area (Å²) in [5.41, 5.74) is 4.88. The van der Waals surface area contributed by atoms with Gasteiger partial charge in [-0.25, -0.2) is 4.79 Å². The number of benzene rings is 4. The molecule has 4 aromatic carbocycles. The van der Waals surface area contributed by atoms with Crippen LogP contribution < -0.4 is 30.1 Å². The molecule has 0 aliphatic carbocycles.